The first kappa shape index (κ1) is 32.4. The third kappa shape index (κ3) is 4.52. The first-order valence-electron chi connectivity index (χ1n) is 20.0. The minimum absolute atomic E-state index is 0.00756. The van der Waals surface area contributed by atoms with E-state index in [2.05, 4.69) is 199 Å². The maximum absolute atomic E-state index is 2.77. The quantitative estimate of drug-likeness (QED) is 0.169. The fourth-order valence-corrected chi connectivity index (χ4v) is 10.9. The van der Waals surface area contributed by atoms with Crippen LogP contribution in [-0.2, 0) is 5.41 Å². The van der Waals surface area contributed by atoms with Crippen molar-refractivity contribution in [3.63, 3.8) is 0 Å². The van der Waals surface area contributed by atoms with Crippen LogP contribution in [0, 0.1) is 6.92 Å². The van der Waals surface area contributed by atoms with E-state index >= 15 is 0 Å². The Balaban J connectivity index is 1.22. The van der Waals surface area contributed by atoms with Crippen molar-refractivity contribution in [1.82, 2.24) is 0 Å². The zero-order valence-electron chi connectivity index (χ0n) is 31.8. The van der Waals surface area contributed by atoms with E-state index in [4.69, 9.17) is 0 Å². The van der Waals surface area contributed by atoms with Crippen LogP contribution < -0.4 is 31.1 Å². The third-order valence-electron chi connectivity index (χ3n) is 13.7. The van der Waals surface area contributed by atoms with E-state index in [1.807, 2.05) is 0 Å². The Kier molecular flexibility index (Phi) is 7.08. The minimum Gasteiger partial charge on any atom is -0.334 e. The highest BCUT2D eigenvalue weighted by molar-refractivity contribution is 7.00. The average Bonchev–Trinajstić information content (AvgIpc) is 3.44. The largest absolute Gasteiger partial charge is 0.334 e. The highest BCUT2D eigenvalue weighted by Crippen LogP contribution is 2.62. The highest BCUT2D eigenvalue weighted by Gasteiger charge is 2.58. The summed E-state index contributed by atoms with van der Waals surface area (Å²) in [5.74, 6) is 0. The van der Waals surface area contributed by atoms with Crippen molar-refractivity contribution in [3.8, 4) is 11.1 Å². The van der Waals surface area contributed by atoms with Gasteiger partial charge in [-0.05, 0) is 126 Å². The predicted octanol–water partition coefficient (Wildman–Crippen LogP) is 11.5. The van der Waals surface area contributed by atoms with Gasteiger partial charge in [-0.2, -0.15) is 0 Å². The van der Waals surface area contributed by atoms with E-state index < -0.39 is 0 Å². The lowest BCUT2D eigenvalue weighted by Gasteiger charge is -2.51. The Morgan fingerprint density at radius 2 is 1.04 bits per heavy atom. The van der Waals surface area contributed by atoms with Crippen LogP contribution in [0.2, 0.25) is 0 Å². The topological polar surface area (TPSA) is 9.72 Å². The van der Waals surface area contributed by atoms with E-state index in [1.54, 1.807) is 0 Å². The Bertz CT molecular complexity index is 2520. The summed E-state index contributed by atoms with van der Waals surface area (Å²) >= 11 is 0. The summed E-state index contributed by atoms with van der Waals surface area (Å²) < 4.78 is 0. The molecule has 1 fully saturated rings. The van der Waals surface area contributed by atoms with Crippen LogP contribution in [-0.4, -0.2) is 12.3 Å². The number of nitrogens with zero attached hydrogens (tertiary/aromatic N) is 3. The van der Waals surface area contributed by atoms with Gasteiger partial charge in [-0.25, -0.2) is 0 Å². The van der Waals surface area contributed by atoms with Crippen molar-refractivity contribution >= 4 is 68.6 Å². The molecule has 4 aliphatic rings. The third-order valence-corrected chi connectivity index (χ3v) is 13.7. The number of para-hydroxylation sites is 4. The Labute approximate surface area is 325 Å². The lowest BCUT2D eigenvalue weighted by Crippen LogP contribution is -2.61. The molecule has 3 aliphatic heterocycles. The zero-order valence-corrected chi connectivity index (χ0v) is 31.8. The molecule has 7 aromatic carbocycles. The van der Waals surface area contributed by atoms with Crippen molar-refractivity contribution in [2.45, 2.75) is 57.4 Å². The number of anilines is 8. The Hall–Kier alpha value is -6.00. The highest BCUT2D eigenvalue weighted by atomic mass is 15.3. The molecule has 2 unspecified atom stereocenters. The van der Waals surface area contributed by atoms with Crippen molar-refractivity contribution < 1.29 is 0 Å². The first-order valence-corrected chi connectivity index (χ1v) is 20.0. The summed E-state index contributed by atoms with van der Waals surface area (Å²) in [6.45, 7) is 7.46. The predicted molar refractivity (Wildman–Crippen MR) is 233 cm³/mol. The second kappa shape index (κ2) is 12.0. The van der Waals surface area contributed by atoms with E-state index in [1.165, 1.54) is 103 Å². The molecule has 2 atom stereocenters. The second-order valence-electron chi connectivity index (χ2n) is 16.5. The van der Waals surface area contributed by atoms with Crippen molar-refractivity contribution in [2.24, 2.45) is 0 Å². The number of fused-ring (bicyclic) bond motifs is 7. The average molecular weight is 710 g/mol. The normalized spacial score (nSPS) is 20.3. The van der Waals surface area contributed by atoms with E-state index in [9.17, 15) is 0 Å². The summed E-state index contributed by atoms with van der Waals surface area (Å²) in [4.78, 5) is 7.83. The molecule has 55 heavy (non-hydrogen) atoms. The van der Waals surface area contributed by atoms with Gasteiger partial charge in [0, 0.05) is 50.9 Å². The molecule has 1 saturated carbocycles. The molecular formula is C51H44BN3. The summed E-state index contributed by atoms with van der Waals surface area (Å²) in [6, 6.07) is 61.4. The van der Waals surface area contributed by atoms with Crippen LogP contribution in [0.1, 0.15) is 50.7 Å². The van der Waals surface area contributed by atoms with Crippen LogP contribution in [0.5, 0.6) is 0 Å². The number of benzene rings is 7. The van der Waals surface area contributed by atoms with Crippen LogP contribution in [0.3, 0.4) is 0 Å². The summed E-state index contributed by atoms with van der Waals surface area (Å²) in [5.41, 5.74) is 19.3. The number of hydrogen-bond donors (Lipinski definition) is 0. The number of rotatable bonds is 4. The molecule has 0 spiro atoms. The molecule has 1 aliphatic carbocycles. The van der Waals surface area contributed by atoms with Gasteiger partial charge in [0.2, 0.25) is 0 Å². The summed E-state index contributed by atoms with van der Waals surface area (Å²) in [6.07, 6.45) is 4.80. The van der Waals surface area contributed by atoms with E-state index in [0.717, 1.165) is 6.42 Å². The molecule has 0 saturated heterocycles. The van der Waals surface area contributed by atoms with Crippen LogP contribution in [0.25, 0.3) is 11.1 Å². The van der Waals surface area contributed by atoms with Crippen molar-refractivity contribution in [1.29, 1.82) is 0 Å². The van der Waals surface area contributed by atoms with Gasteiger partial charge in [0.25, 0.3) is 6.71 Å². The fraction of sp³-hybridized carbons (Fsp3) is 0.176. The molecule has 3 nitrogen and oxygen atoms in total. The minimum atomic E-state index is -0.105. The van der Waals surface area contributed by atoms with Gasteiger partial charge >= 0.3 is 0 Å². The first-order chi connectivity index (χ1) is 27.0. The van der Waals surface area contributed by atoms with E-state index in [-0.39, 0.29) is 17.7 Å². The van der Waals surface area contributed by atoms with Crippen molar-refractivity contribution in [3.05, 3.63) is 175 Å². The molecule has 7 aromatic rings. The van der Waals surface area contributed by atoms with E-state index in [0.29, 0.717) is 0 Å². The number of aryl methyl sites for hydroxylation is 1. The van der Waals surface area contributed by atoms with Gasteiger partial charge in [-0.15, -0.1) is 0 Å². The second-order valence-corrected chi connectivity index (χ2v) is 16.5. The van der Waals surface area contributed by atoms with Crippen LogP contribution in [0.4, 0.5) is 45.5 Å². The van der Waals surface area contributed by atoms with Gasteiger partial charge in [-0.1, -0.05) is 123 Å². The van der Waals surface area contributed by atoms with Gasteiger partial charge in [0.1, 0.15) is 0 Å². The van der Waals surface area contributed by atoms with Crippen LogP contribution >= 0.6 is 0 Å². The molecule has 0 bridgehead atoms. The maximum atomic E-state index is 2.77. The van der Waals surface area contributed by atoms with Gasteiger partial charge < -0.3 is 14.7 Å². The Morgan fingerprint density at radius 3 is 1.65 bits per heavy atom. The molecular weight excluding hydrogens is 665 g/mol. The molecule has 11 rings (SSSR count). The van der Waals surface area contributed by atoms with Crippen LogP contribution in [0.15, 0.2) is 164 Å². The molecule has 4 heteroatoms. The Morgan fingerprint density at radius 1 is 0.491 bits per heavy atom. The smallest absolute Gasteiger partial charge is 0.252 e. The molecule has 0 amide bonds. The van der Waals surface area contributed by atoms with Crippen molar-refractivity contribution in [2.75, 3.05) is 14.7 Å². The standard InChI is InChI=1S/C51H44BN3/c1-35-18-10-11-23-40(35)36-28-29-44-41(32-36)50(2)30-16-17-31-51(50,3)55(44)39-33-47-49-48(34-39)54(38-21-8-5-9-22-38)46-27-15-13-25-43(46)52(49)42-24-12-14-26-45(42)53(47)37-19-6-4-7-20-37/h4-15,18-29,32-34H,16-17,30-31H2,1-3H3. The lowest BCUT2D eigenvalue weighted by molar-refractivity contribution is 0.195. The van der Waals surface area contributed by atoms with Gasteiger partial charge in [-0.3, -0.25) is 0 Å². The summed E-state index contributed by atoms with van der Waals surface area (Å²) in [5, 5.41) is 0. The fourth-order valence-electron chi connectivity index (χ4n) is 10.9. The molecule has 0 radical (unpaired) electrons. The SMILES string of the molecule is Cc1ccccc1-c1ccc2c(c1)C1(C)CCCCC1(C)N2c1cc2c3c(c1)N(c1ccccc1)c1ccccc1B3c1ccccc1N2c1ccccc1. The lowest BCUT2D eigenvalue weighted by atomic mass is 9.33. The molecule has 0 N–H and O–H groups in total. The molecule has 3 heterocycles. The number of hydrogen-bond acceptors (Lipinski definition) is 3. The molecule has 266 valence electrons. The maximum Gasteiger partial charge on any atom is 0.252 e. The monoisotopic (exact) mass is 709 g/mol. The molecule has 0 aromatic heterocycles. The summed E-state index contributed by atoms with van der Waals surface area (Å²) in [7, 11) is 0. The van der Waals surface area contributed by atoms with Gasteiger partial charge in [0.05, 0.1) is 5.54 Å². The zero-order chi connectivity index (χ0) is 36.9. The van der Waals surface area contributed by atoms with Gasteiger partial charge in [0.15, 0.2) is 0 Å².